The summed E-state index contributed by atoms with van der Waals surface area (Å²) in [4.78, 5) is 0. The zero-order chi connectivity index (χ0) is 12.0. The molecule has 1 atom stereocenters. The summed E-state index contributed by atoms with van der Waals surface area (Å²) in [5.41, 5.74) is 7.46. The third-order valence-corrected chi connectivity index (χ3v) is 4.32. The molecule has 1 fully saturated rings. The van der Waals surface area contributed by atoms with Crippen LogP contribution < -0.4 is 11.1 Å². The van der Waals surface area contributed by atoms with Crippen LogP contribution in [0.1, 0.15) is 30.0 Å². The van der Waals surface area contributed by atoms with Crippen LogP contribution in [-0.2, 0) is 6.42 Å². The lowest BCUT2D eigenvalue weighted by atomic mass is 9.73. The van der Waals surface area contributed by atoms with E-state index < -0.39 is 11.6 Å². The molecule has 0 unspecified atom stereocenters. The Balaban J connectivity index is 0.00000120. The summed E-state index contributed by atoms with van der Waals surface area (Å²) < 4.78 is 27.0. The second-order valence-corrected chi connectivity index (χ2v) is 5.22. The van der Waals surface area contributed by atoms with Crippen molar-refractivity contribution in [2.75, 3.05) is 13.1 Å². The molecular formula is C13H17ClF2N2. The fraction of sp³-hybridized carbons (Fsp3) is 0.538. The first kappa shape index (κ1) is 13.7. The van der Waals surface area contributed by atoms with Gasteiger partial charge >= 0.3 is 0 Å². The van der Waals surface area contributed by atoms with Crippen molar-refractivity contribution in [3.8, 4) is 0 Å². The van der Waals surface area contributed by atoms with E-state index in [1.807, 2.05) is 0 Å². The highest BCUT2D eigenvalue weighted by atomic mass is 35.5. The molecule has 5 heteroatoms. The third kappa shape index (κ3) is 1.92. The van der Waals surface area contributed by atoms with Crippen LogP contribution in [0.3, 0.4) is 0 Å². The van der Waals surface area contributed by atoms with Crippen LogP contribution in [0.5, 0.6) is 0 Å². The van der Waals surface area contributed by atoms with Crippen LogP contribution in [-0.4, -0.2) is 13.1 Å². The fourth-order valence-corrected chi connectivity index (χ4v) is 3.29. The van der Waals surface area contributed by atoms with Gasteiger partial charge in [0, 0.05) is 12.1 Å². The van der Waals surface area contributed by atoms with Crippen molar-refractivity contribution in [2.45, 2.75) is 25.3 Å². The number of rotatable bonds is 0. The minimum absolute atomic E-state index is 0. The maximum Gasteiger partial charge on any atom is 0.129 e. The van der Waals surface area contributed by atoms with Gasteiger partial charge in [-0.3, -0.25) is 0 Å². The largest absolute Gasteiger partial charge is 0.323 e. The maximum absolute atomic E-state index is 13.8. The van der Waals surface area contributed by atoms with E-state index >= 15 is 0 Å². The molecule has 1 saturated heterocycles. The second-order valence-electron chi connectivity index (χ2n) is 5.22. The summed E-state index contributed by atoms with van der Waals surface area (Å²) in [7, 11) is 0. The van der Waals surface area contributed by atoms with Crippen molar-refractivity contribution in [3.05, 3.63) is 34.9 Å². The lowest BCUT2D eigenvalue weighted by molar-refractivity contribution is 0.173. The molecular weight excluding hydrogens is 258 g/mol. The number of nitrogens with two attached hydrogens (primary N) is 1. The Hall–Kier alpha value is -0.710. The van der Waals surface area contributed by atoms with Gasteiger partial charge in [0.25, 0.3) is 0 Å². The van der Waals surface area contributed by atoms with Gasteiger partial charge in [-0.05, 0) is 55.0 Å². The van der Waals surface area contributed by atoms with Crippen LogP contribution in [0.2, 0.25) is 0 Å². The Kier molecular flexibility index (Phi) is 3.63. The number of fused-ring (bicyclic) bond motifs is 1. The Morgan fingerprint density at radius 1 is 1.22 bits per heavy atom. The van der Waals surface area contributed by atoms with E-state index in [0.717, 1.165) is 32.0 Å². The summed E-state index contributed by atoms with van der Waals surface area (Å²) in [6.45, 7) is 1.82. The molecule has 1 aromatic rings. The lowest BCUT2D eigenvalue weighted by Gasteiger charge is -2.37. The maximum atomic E-state index is 13.8. The zero-order valence-electron chi connectivity index (χ0n) is 10.0. The molecule has 3 N–H and O–H groups in total. The Morgan fingerprint density at radius 3 is 2.56 bits per heavy atom. The highest BCUT2D eigenvalue weighted by Gasteiger charge is 2.45. The van der Waals surface area contributed by atoms with Crippen molar-refractivity contribution < 1.29 is 8.78 Å². The van der Waals surface area contributed by atoms with Gasteiger partial charge in [0.2, 0.25) is 0 Å². The molecule has 3 rings (SSSR count). The quantitative estimate of drug-likeness (QED) is 0.762. The lowest BCUT2D eigenvalue weighted by Crippen LogP contribution is -2.42. The minimum atomic E-state index is -0.525. The number of piperidine rings is 1. The first-order valence-corrected chi connectivity index (χ1v) is 6.06. The van der Waals surface area contributed by atoms with Crippen LogP contribution >= 0.6 is 12.4 Å². The second kappa shape index (κ2) is 4.76. The number of hydrogen-bond acceptors (Lipinski definition) is 2. The van der Waals surface area contributed by atoms with E-state index in [2.05, 4.69) is 5.32 Å². The van der Waals surface area contributed by atoms with Crippen molar-refractivity contribution in [1.29, 1.82) is 0 Å². The molecule has 1 heterocycles. The van der Waals surface area contributed by atoms with Crippen molar-refractivity contribution in [3.63, 3.8) is 0 Å². The Labute approximate surface area is 111 Å². The minimum Gasteiger partial charge on any atom is -0.323 e. The van der Waals surface area contributed by atoms with E-state index in [4.69, 9.17) is 5.73 Å². The number of benzene rings is 1. The summed E-state index contributed by atoms with van der Waals surface area (Å²) in [6.07, 6.45) is 2.52. The summed E-state index contributed by atoms with van der Waals surface area (Å²) in [5, 5.41) is 3.29. The highest BCUT2D eigenvalue weighted by Crippen LogP contribution is 2.50. The molecule has 100 valence electrons. The van der Waals surface area contributed by atoms with E-state index in [1.54, 1.807) is 0 Å². The Morgan fingerprint density at radius 2 is 1.89 bits per heavy atom. The predicted octanol–water partition coefficient (Wildman–Crippen LogP) is 2.31. The molecule has 2 aliphatic rings. The molecule has 1 aliphatic carbocycles. The van der Waals surface area contributed by atoms with E-state index in [1.165, 1.54) is 6.07 Å². The summed E-state index contributed by atoms with van der Waals surface area (Å²) in [6, 6.07) is 2.13. The first-order valence-electron chi connectivity index (χ1n) is 6.06. The predicted molar refractivity (Wildman–Crippen MR) is 68.8 cm³/mol. The van der Waals surface area contributed by atoms with Crippen molar-refractivity contribution >= 4 is 12.4 Å². The van der Waals surface area contributed by atoms with Gasteiger partial charge in [-0.2, -0.15) is 0 Å². The summed E-state index contributed by atoms with van der Waals surface area (Å²) >= 11 is 0. The van der Waals surface area contributed by atoms with Crippen LogP contribution in [0.4, 0.5) is 8.78 Å². The van der Waals surface area contributed by atoms with Gasteiger partial charge < -0.3 is 11.1 Å². The zero-order valence-corrected chi connectivity index (χ0v) is 10.8. The van der Waals surface area contributed by atoms with Crippen LogP contribution in [0.15, 0.2) is 12.1 Å². The third-order valence-electron chi connectivity index (χ3n) is 4.32. The number of halogens is 3. The topological polar surface area (TPSA) is 38.0 Å². The standard InChI is InChI=1S/C13H16F2N2.ClH/c14-8-5-9-10(11(15)6-8)7-13(12(9)16)1-3-17-4-2-13;/h5-6,12,17H,1-4,7,16H2;1H/t12-;/m1./s1. The SMILES string of the molecule is Cl.N[C@@H]1c2cc(F)cc(F)c2CC12CCNCC2. The van der Waals surface area contributed by atoms with Crippen molar-refractivity contribution in [1.82, 2.24) is 5.32 Å². The van der Waals surface area contributed by atoms with Gasteiger partial charge in [-0.1, -0.05) is 0 Å². The first-order chi connectivity index (χ1) is 8.12. The van der Waals surface area contributed by atoms with Gasteiger partial charge in [0.1, 0.15) is 11.6 Å². The number of nitrogens with one attached hydrogen (secondary N) is 1. The fourth-order valence-electron chi connectivity index (χ4n) is 3.29. The molecule has 1 aliphatic heterocycles. The van der Waals surface area contributed by atoms with Crippen LogP contribution in [0, 0.1) is 17.0 Å². The molecule has 1 spiro atoms. The molecule has 0 saturated carbocycles. The smallest absolute Gasteiger partial charge is 0.129 e. The molecule has 0 bridgehead atoms. The van der Waals surface area contributed by atoms with E-state index in [0.29, 0.717) is 17.5 Å². The molecule has 0 radical (unpaired) electrons. The van der Waals surface area contributed by atoms with Gasteiger partial charge in [0.05, 0.1) is 0 Å². The van der Waals surface area contributed by atoms with Gasteiger partial charge in [-0.15, -0.1) is 12.4 Å². The van der Waals surface area contributed by atoms with E-state index in [9.17, 15) is 8.78 Å². The Bertz CT molecular complexity index is 459. The average Bonchev–Trinajstić information content (AvgIpc) is 2.56. The average molecular weight is 275 g/mol. The highest BCUT2D eigenvalue weighted by molar-refractivity contribution is 5.85. The monoisotopic (exact) mass is 274 g/mol. The molecule has 0 aromatic heterocycles. The van der Waals surface area contributed by atoms with Crippen LogP contribution in [0.25, 0.3) is 0 Å². The molecule has 0 amide bonds. The van der Waals surface area contributed by atoms with Gasteiger partial charge in [0.15, 0.2) is 0 Å². The normalized spacial score (nSPS) is 24.7. The van der Waals surface area contributed by atoms with Crippen molar-refractivity contribution in [2.24, 2.45) is 11.1 Å². The summed E-state index contributed by atoms with van der Waals surface area (Å²) in [5.74, 6) is -0.964. The molecule has 18 heavy (non-hydrogen) atoms. The van der Waals surface area contributed by atoms with E-state index in [-0.39, 0.29) is 23.9 Å². The number of hydrogen-bond donors (Lipinski definition) is 2. The molecule has 1 aromatic carbocycles. The molecule has 2 nitrogen and oxygen atoms in total. The van der Waals surface area contributed by atoms with Gasteiger partial charge in [-0.25, -0.2) is 8.78 Å².